The van der Waals surface area contributed by atoms with E-state index in [0.29, 0.717) is 0 Å². The summed E-state index contributed by atoms with van der Waals surface area (Å²) in [6.45, 7) is 0. The number of carbonyl (C=O) groups excluding carboxylic acids is 1. The number of hydrogen-bond acceptors (Lipinski definition) is 6. The van der Waals surface area contributed by atoms with Crippen LogP contribution in [0, 0.1) is 10.1 Å². The molecule has 2 rings (SSSR count). The molecule has 8 nitrogen and oxygen atoms in total. The number of benzene rings is 2. The van der Waals surface area contributed by atoms with Crippen molar-refractivity contribution in [1.82, 2.24) is 0 Å². The van der Waals surface area contributed by atoms with Crippen molar-refractivity contribution in [3.8, 4) is 0 Å². The van der Waals surface area contributed by atoms with Crippen LogP contribution in [-0.4, -0.2) is 26.4 Å². The normalized spacial score (nSPS) is 11.0. The van der Waals surface area contributed by atoms with Gasteiger partial charge in [0.15, 0.2) is 0 Å². The molecule has 2 aromatic carbocycles. The Morgan fingerprint density at radius 1 is 1.32 bits per heavy atom. The van der Waals surface area contributed by atoms with Crippen LogP contribution < -0.4 is 4.72 Å². The second kappa shape index (κ2) is 7.38. The third-order valence-corrected chi connectivity index (χ3v) is 6.01. The van der Waals surface area contributed by atoms with E-state index in [1.165, 1.54) is 31.4 Å². The fourth-order valence-electron chi connectivity index (χ4n) is 1.91. The molecular weight excluding hydrogens is 440 g/mol. The van der Waals surface area contributed by atoms with Crippen LogP contribution in [0.4, 0.5) is 11.4 Å². The molecule has 0 amide bonds. The first kappa shape index (κ1) is 19.2. The quantitative estimate of drug-likeness (QED) is 0.423. The van der Waals surface area contributed by atoms with Crippen molar-refractivity contribution in [3.63, 3.8) is 0 Å². The fraction of sp³-hybridized carbons (Fsp3) is 0.0714. The highest BCUT2D eigenvalue weighted by Crippen LogP contribution is 2.37. The first-order valence-electron chi connectivity index (χ1n) is 6.51. The average molecular weight is 450 g/mol. The predicted octanol–water partition coefficient (Wildman–Crippen LogP) is 3.60. The zero-order valence-corrected chi connectivity index (χ0v) is 15.7. The maximum atomic E-state index is 12.5. The Balaban J connectivity index is 2.42. The summed E-state index contributed by atoms with van der Waals surface area (Å²) in [6.07, 6.45) is 0. The summed E-state index contributed by atoms with van der Waals surface area (Å²) < 4.78 is 31.7. The number of anilines is 1. The Labute approximate surface area is 156 Å². The number of nitrogens with zero attached hydrogens (tertiary/aromatic N) is 1. The maximum Gasteiger partial charge on any atom is 0.337 e. The third-order valence-electron chi connectivity index (χ3n) is 3.05. The summed E-state index contributed by atoms with van der Waals surface area (Å²) in [6, 6.07) is 7.69. The zero-order chi connectivity index (χ0) is 18.8. The van der Waals surface area contributed by atoms with Gasteiger partial charge < -0.3 is 4.74 Å². The van der Waals surface area contributed by atoms with E-state index in [1.807, 2.05) is 0 Å². The van der Waals surface area contributed by atoms with Gasteiger partial charge in [0.2, 0.25) is 0 Å². The summed E-state index contributed by atoms with van der Waals surface area (Å²) in [7, 11) is -2.94. The molecule has 25 heavy (non-hydrogen) atoms. The monoisotopic (exact) mass is 448 g/mol. The second-order valence-corrected chi connectivity index (χ2v) is 7.47. The molecule has 0 aliphatic rings. The molecule has 0 spiro atoms. The van der Waals surface area contributed by atoms with Crippen LogP contribution in [0.5, 0.6) is 0 Å². The van der Waals surface area contributed by atoms with E-state index in [1.54, 1.807) is 0 Å². The molecule has 0 heterocycles. The maximum absolute atomic E-state index is 12.5. The highest BCUT2D eigenvalue weighted by molar-refractivity contribution is 9.10. The Morgan fingerprint density at radius 3 is 2.60 bits per heavy atom. The van der Waals surface area contributed by atoms with Crippen LogP contribution in [0.25, 0.3) is 0 Å². The Hall–Kier alpha value is -2.17. The SMILES string of the molecule is COC(=O)c1cccc(NS(=O)(=O)c2ccc([N+](=O)[O-])c(Br)c2Cl)c1. The van der Waals surface area contributed by atoms with Gasteiger partial charge in [-0.1, -0.05) is 17.7 Å². The molecule has 0 aliphatic heterocycles. The lowest BCUT2D eigenvalue weighted by Crippen LogP contribution is -2.14. The average Bonchev–Trinajstić information content (AvgIpc) is 2.55. The zero-order valence-electron chi connectivity index (χ0n) is 12.5. The van der Waals surface area contributed by atoms with Crippen molar-refractivity contribution in [2.75, 3.05) is 11.8 Å². The number of carbonyl (C=O) groups is 1. The highest BCUT2D eigenvalue weighted by Gasteiger charge is 2.25. The summed E-state index contributed by atoms with van der Waals surface area (Å²) in [4.78, 5) is 21.3. The van der Waals surface area contributed by atoms with Gasteiger partial charge in [0, 0.05) is 11.8 Å². The van der Waals surface area contributed by atoms with E-state index in [-0.39, 0.29) is 31.3 Å². The number of halogens is 2. The lowest BCUT2D eigenvalue weighted by molar-refractivity contribution is -0.385. The third kappa shape index (κ3) is 4.09. The molecule has 0 atom stereocenters. The first-order chi connectivity index (χ1) is 11.7. The molecule has 0 saturated carbocycles. The number of sulfonamides is 1. The molecule has 11 heteroatoms. The molecule has 0 fully saturated rings. The Bertz CT molecular complexity index is 964. The van der Waals surface area contributed by atoms with Crippen LogP contribution in [0.3, 0.4) is 0 Å². The Kier molecular flexibility index (Phi) is 5.65. The van der Waals surface area contributed by atoms with Gasteiger partial charge in [-0.25, -0.2) is 13.2 Å². The number of methoxy groups -OCH3 is 1. The molecule has 0 aromatic heterocycles. The van der Waals surface area contributed by atoms with Gasteiger partial charge in [-0.15, -0.1) is 0 Å². The summed E-state index contributed by atoms with van der Waals surface area (Å²) in [5.41, 5.74) is -0.108. The standard InChI is InChI=1S/C14H10BrClN2O6S/c1-24-14(19)8-3-2-4-9(7-8)17-25(22,23)11-6-5-10(18(20)21)12(15)13(11)16/h2-7,17H,1H3. The molecule has 0 saturated heterocycles. The number of nitro groups is 1. The predicted molar refractivity (Wildman–Crippen MR) is 94.4 cm³/mol. The molecule has 1 N–H and O–H groups in total. The second-order valence-electron chi connectivity index (χ2n) is 4.65. The smallest absolute Gasteiger partial charge is 0.337 e. The van der Waals surface area contributed by atoms with Crippen molar-refractivity contribution in [1.29, 1.82) is 0 Å². The molecule has 0 unspecified atom stereocenters. The number of hydrogen-bond donors (Lipinski definition) is 1. The van der Waals surface area contributed by atoms with E-state index < -0.39 is 20.9 Å². The lowest BCUT2D eigenvalue weighted by atomic mass is 10.2. The first-order valence-corrected chi connectivity index (χ1v) is 9.16. The van der Waals surface area contributed by atoms with Gasteiger partial charge in [-0.3, -0.25) is 14.8 Å². The number of esters is 1. The van der Waals surface area contributed by atoms with Crippen molar-refractivity contribution in [2.45, 2.75) is 4.90 Å². The minimum Gasteiger partial charge on any atom is -0.465 e. The summed E-state index contributed by atoms with van der Waals surface area (Å²) in [5, 5.41) is 10.5. The van der Waals surface area contributed by atoms with Gasteiger partial charge in [-0.05, 0) is 40.2 Å². The van der Waals surface area contributed by atoms with Crippen LogP contribution in [0.1, 0.15) is 10.4 Å². The van der Waals surface area contributed by atoms with Crippen LogP contribution in [-0.2, 0) is 14.8 Å². The highest BCUT2D eigenvalue weighted by atomic mass is 79.9. The molecule has 0 bridgehead atoms. The van der Waals surface area contributed by atoms with Crippen molar-refractivity contribution in [3.05, 3.63) is 61.6 Å². The molecular formula is C14H10BrClN2O6S. The van der Waals surface area contributed by atoms with Gasteiger partial charge >= 0.3 is 5.97 Å². The fourth-order valence-corrected chi connectivity index (χ4v) is 4.13. The molecule has 0 aliphatic carbocycles. The molecule has 2 aromatic rings. The number of nitro benzene ring substituents is 1. The number of rotatable bonds is 5. The minimum absolute atomic E-state index is 0.105. The van der Waals surface area contributed by atoms with E-state index in [4.69, 9.17) is 11.6 Å². The van der Waals surface area contributed by atoms with Crippen molar-refractivity contribution < 1.29 is 22.9 Å². The summed E-state index contributed by atoms with van der Waals surface area (Å²) in [5.74, 6) is -0.628. The molecule has 132 valence electrons. The van der Waals surface area contributed by atoms with Crippen LogP contribution in [0.15, 0.2) is 45.8 Å². The van der Waals surface area contributed by atoms with Gasteiger partial charge in [0.1, 0.15) is 9.37 Å². The van der Waals surface area contributed by atoms with Crippen molar-refractivity contribution in [2.24, 2.45) is 0 Å². The van der Waals surface area contributed by atoms with Crippen LogP contribution in [0.2, 0.25) is 5.02 Å². The van der Waals surface area contributed by atoms with Crippen LogP contribution >= 0.6 is 27.5 Å². The minimum atomic E-state index is -4.14. The topological polar surface area (TPSA) is 116 Å². The van der Waals surface area contributed by atoms with E-state index in [9.17, 15) is 23.3 Å². The Morgan fingerprint density at radius 2 is 2.00 bits per heavy atom. The molecule has 0 radical (unpaired) electrons. The van der Waals surface area contributed by atoms with E-state index >= 15 is 0 Å². The van der Waals surface area contributed by atoms with Gasteiger partial charge in [0.25, 0.3) is 15.7 Å². The largest absolute Gasteiger partial charge is 0.465 e. The summed E-state index contributed by atoms with van der Waals surface area (Å²) >= 11 is 8.88. The lowest BCUT2D eigenvalue weighted by Gasteiger charge is -2.11. The number of ether oxygens (including phenoxy) is 1. The van der Waals surface area contributed by atoms with Crippen molar-refractivity contribution >= 4 is 54.9 Å². The number of nitrogens with one attached hydrogen (secondary N) is 1. The van der Waals surface area contributed by atoms with E-state index in [2.05, 4.69) is 25.4 Å². The van der Waals surface area contributed by atoms with E-state index in [0.717, 1.165) is 12.1 Å². The van der Waals surface area contributed by atoms with Gasteiger partial charge in [-0.2, -0.15) is 0 Å². The van der Waals surface area contributed by atoms with Gasteiger partial charge in [0.05, 0.1) is 22.6 Å².